The van der Waals surface area contributed by atoms with Crippen molar-refractivity contribution in [1.29, 1.82) is 0 Å². The smallest absolute Gasteiger partial charge is 0.225 e. The molecule has 1 saturated carbocycles. The minimum atomic E-state index is 0.259. The zero-order valence-electron chi connectivity index (χ0n) is 13.8. The van der Waals surface area contributed by atoms with Gasteiger partial charge >= 0.3 is 0 Å². The second kappa shape index (κ2) is 6.56. The van der Waals surface area contributed by atoms with Gasteiger partial charge in [-0.05, 0) is 25.8 Å². The van der Waals surface area contributed by atoms with E-state index in [9.17, 15) is 4.79 Å². The summed E-state index contributed by atoms with van der Waals surface area (Å²) in [5.41, 5.74) is 2.31. The zero-order chi connectivity index (χ0) is 15.6. The molecule has 0 spiro atoms. The van der Waals surface area contributed by atoms with Crippen LogP contribution in [0, 0.1) is 5.92 Å². The Labute approximate surface area is 137 Å². The molecule has 3 heterocycles. The van der Waals surface area contributed by atoms with Gasteiger partial charge in [-0.2, -0.15) is 0 Å². The van der Waals surface area contributed by atoms with Gasteiger partial charge in [0.2, 0.25) is 5.91 Å². The molecule has 0 bridgehead atoms. The lowest BCUT2D eigenvalue weighted by atomic mass is 9.88. The Balaban J connectivity index is 1.45. The predicted octanol–water partition coefficient (Wildman–Crippen LogP) is 2.02. The maximum Gasteiger partial charge on any atom is 0.225 e. The van der Waals surface area contributed by atoms with Crippen molar-refractivity contribution in [3.8, 4) is 0 Å². The van der Waals surface area contributed by atoms with Crippen molar-refractivity contribution in [2.24, 2.45) is 5.92 Å². The Morgan fingerprint density at radius 3 is 2.87 bits per heavy atom. The van der Waals surface area contributed by atoms with Crippen LogP contribution in [0.3, 0.4) is 0 Å². The molecule has 5 nitrogen and oxygen atoms in total. The van der Waals surface area contributed by atoms with Gasteiger partial charge in [0.15, 0.2) is 0 Å². The predicted molar refractivity (Wildman–Crippen MR) is 88.0 cm³/mol. The van der Waals surface area contributed by atoms with Crippen LogP contribution in [0.1, 0.15) is 61.5 Å². The maximum atomic E-state index is 12.7. The third-order valence-corrected chi connectivity index (χ3v) is 5.64. The molecule has 124 valence electrons. The Morgan fingerprint density at radius 1 is 1.22 bits per heavy atom. The van der Waals surface area contributed by atoms with E-state index in [4.69, 9.17) is 4.98 Å². The number of carbonyl (C=O) groups is 1. The van der Waals surface area contributed by atoms with Gasteiger partial charge in [-0.1, -0.05) is 19.3 Å². The number of nitrogens with one attached hydrogen (secondary N) is 1. The van der Waals surface area contributed by atoms with Crippen LogP contribution in [0.15, 0.2) is 6.20 Å². The summed E-state index contributed by atoms with van der Waals surface area (Å²) >= 11 is 0. The third-order valence-electron chi connectivity index (χ3n) is 5.64. The SMILES string of the molecule is O=C(C1CCCCC1)N1CCc2nc([C@@H]3CCNC3)ncc2C1. The van der Waals surface area contributed by atoms with Crippen LogP contribution < -0.4 is 5.32 Å². The lowest BCUT2D eigenvalue weighted by Gasteiger charge is -2.32. The standard InChI is InChI=1S/C18H26N4O/c23-18(13-4-2-1-3-5-13)22-9-7-16-15(12-22)11-20-17(21-16)14-6-8-19-10-14/h11,13-14,19H,1-10,12H2/t14-/m1/s1. The molecule has 1 atom stereocenters. The molecule has 0 aromatic carbocycles. The van der Waals surface area contributed by atoms with Crippen LogP contribution in [-0.2, 0) is 17.8 Å². The molecule has 0 unspecified atom stereocenters. The largest absolute Gasteiger partial charge is 0.338 e. The van der Waals surface area contributed by atoms with Gasteiger partial charge in [0, 0.05) is 49.7 Å². The lowest BCUT2D eigenvalue weighted by molar-refractivity contribution is -0.137. The van der Waals surface area contributed by atoms with Gasteiger partial charge in [0.1, 0.15) is 5.82 Å². The molecule has 1 aliphatic carbocycles. The second-order valence-corrected chi connectivity index (χ2v) is 7.23. The summed E-state index contributed by atoms with van der Waals surface area (Å²) < 4.78 is 0. The first-order valence-corrected chi connectivity index (χ1v) is 9.15. The molecule has 4 rings (SSSR count). The van der Waals surface area contributed by atoms with E-state index in [2.05, 4.69) is 10.3 Å². The molecular weight excluding hydrogens is 288 g/mol. The fourth-order valence-electron chi connectivity index (χ4n) is 4.20. The average molecular weight is 314 g/mol. The summed E-state index contributed by atoms with van der Waals surface area (Å²) in [6.07, 6.45) is 9.84. The van der Waals surface area contributed by atoms with E-state index in [-0.39, 0.29) is 5.92 Å². The first kappa shape index (κ1) is 15.1. The minimum absolute atomic E-state index is 0.259. The number of fused-ring (bicyclic) bond motifs is 1. The van der Waals surface area contributed by atoms with E-state index >= 15 is 0 Å². The fraction of sp³-hybridized carbons (Fsp3) is 0.722. The van der Waals surface area contributed by atoms with E-state index in [1.807, 2.05) is 11.1 Å². The van der Waals surface area contributed by atoms with Crippen LogP contribution in [0.25, 0.3) is 0 Å². The topological polar surface area (TPSA) is 58.1 Å². The van der Waals surface area contributed by atoms with Crippen molar-refractivity contribution < 1.29 is 4.79 Å². The summed E-state index contributed by atoms with van der Waals surface area (Å²) in [6, 6.07) is 0. The number of amides is 1. The van der Waals surface area contributed by atoms with E-state index in [1.165, 1.54) is 19.3 Å². The van der Waals surface area contributed by atoms with Crippen molar-refractivity contribution in [2.75, 3.05) is 19.6 Å². The molecule has 1 N–H and O–H groups in total. The molecule has 2 aliphatic heterocycles. The highest BCUT2D eigenvalue weighted by Gasteiger charge is 2.29. The van der Waals surface area contributed by atoms with Gasteiger partial charge in [-0.15, -0.1) is 0 Å². The third kappa shape index (κ3) is 3.11. The van der Waals surface area contributed by atoms with Gasteiger partial charge in [0.25, 0.3) is 0 Å². The molecule has 3 aliphatic rings. The van der Waals surface area contributed by atoms with Crippen molar-refractivity contribution >= 4 is 5.91 Å². The van der Waals surface area contributed by atoms with Gasteiger partial charge in [0.05, 0.1) is 5.69 Å². The number of rotatable bonds is 2. The Hall–Kier alpha value is -1.49. The van der Waals surface area contributed by atoms with Crippen molar-refractivity contribution in [3.63, 3.8) is 0 Å². The first-order valence-electron chi connectivity index (χ1n) is 9.15. The summed E-state index contributed by atoms with van der Waals surface area (Å²) in [6.45, 7) is 3.58. The summed E-state index contributed by atoms with van der Waals surface area (Å²) in [4.78, 5) is 24.2. The van der Waals surface area contributed by atoms with Gasteiger partial charge in [-0.3, -0.25) is 4.79 Å². The zero-order valence-corrected chi connectivity index (χ0v) is 13.8. The molecular formula is C18H26N4O. The van der Waals surface area contributed by atoms with Crippen LogP contribution in [0.4, 0.5) is 0 Å². The van der Waals surface area contributed by atoms with Crippen molar-refractivity contribution in [1.82, 2.24) is 20.2 Å². The molecule has 1 amide bonds. The normalized spacial score (nSPS) is 25.4. The number of nitrogens with zero attached hydrogens (tertiary/aromatic N) is 3. The fourth-order valence-corrected chi connectivity index (χ4v) is 4.20. The number of hydrogen-bond acceptors (Lipinski definition) is 4. The molecule has 23 heavy (non-hydrogen) atoms. The van der Waals surface area contributed by atoms with E-state index in [1.54, 1.807) is 0 Å². The van der Waals surface area contributed by atoms with E-state index < -0.39 is 0 Å². The minimum Gasteiger partial charge on any atom is -0.338 e. The first-order chi connectivity index (χ1) is 11.3. The average Bonchev–Trinajstić information content (AvgIpc) is 3.15. The molecule has 1 aromatic heterocycles. The van der Waals surface area contributed by atoms with Crippen LogP contribution in [0.5, 0.6) is 0 Å². The molecule has 5 heteroatoms. The highest BCUT2D eigenvalue weighted by atomic mass is 16.2. The molecule has 1 aromatic rings. The summed E-state index contributed by atoms with van der Waals surface area (Å²) in [5, 5.41) is 3.38. The van der Waals surface area contributed by atoms with Crippen LogP contribution in [0.2, 0.25) is 0 Å². The summed E-state index contributed by atoms with van der Waals surface area (Å²) in [5.74, 6) is 2.07. The van der Waals surface area contributed by atoms with Crippen molar-refractivity contribution in [2.45, 2.75) is 57.4 Å². The Morgan fingerprint density at radius 2 is 2.09 bits per heavy atom. The molecule has 2 fully saturated rings. The van der Waals surface area contributed by atoms with Gasteiger partial charge < -0.3 is 10.2 Å². The quantitative estimate of drug-likeness (QED) is 0.907. The Bertz CT molecular complexity index is 576. The monoisotopic (exact) mass is 314 g/mol. The second-order valence-electron chi connectivity index (χ2n) is 7.23. The number of aromatic nitrogens is 2. The Kier molecular flexibility index (Phi) is 4.29. The van der Waals surface area contributed by atoms with Crippen LogP contribution in [-0.4, -0.2) is 40.4 Å². The van der Waals surface area contributed by atoms with Crippen molar-refractivity contribution in [3.05, 3.63) is 23.3 Å². The number of hydrogen-bond donors (Lipinski definition) is 1. The van der Waals surface area contributed by atoms with E-state index in [0.29, 0.717) is 18.4 Å². The maximum absolute atomic E-state index is 12.7. The molecule has 1 saturated heterocycles. The van der Waals surface area contributed by atoms with Gasteiger partial charge in [-0.25, -0.2) is 9.97 Å². The summed E-state index contributed by atoms with van der Waals surface area (Å²) in [7, 11) is 0. The van der Waals surface area contributed by atoms with E-state index in [0.717, 1.165) is 62.4 Å². The lowest BCUT2D eigenvalue weighted by Crippen LogP contribution is -2.40. The highest BCUT2D eigenvalue weighted by Crippen LogP contribution is 2.28. The van der Waals surface area contributed by atoms with Crippen LogP contribution >= 0.6 is 0 Å². The molecule has 0 radical (unpaired) electrons. The number of carbonyl (C=O) groups excluding carboxylic acids is 1. The highest BCUT2D eigenvalue weighted by molar-refractivity contribution is 5.79.